The predicted octanol–water partition coefficient (Wildman–Crippen LogP) is 3.78. The zero-order valence-corrected chi connectivity index (χ0v) is 14.3. The lowest BCUT2D eigenvalue weighted by Crippen LogP contribution is -2.22. The molecule has 1 aromatic heterocycles. The maximum Gasteiger partial charge on any atom is 0.237 e. The molecule has 2 N–H and O–H groups in total. The van der Waals surface area contributed by atoms with Crippen molar-refractivity contribution in [3.8, 4) is 0 Å². The van der Waals surface area contributed by atoms with Gasteiger partial charge in [0.2, 0.25) is 11.1 Å². The third-order valence-electron chi connectivity index (χ3n) is 2.86. The van der Waals surface area contributed by atoms with Crippen molar-refractivity contribution in [2.24, 2.45) is 5.92 Å². The van der Waals surface area contributed by atoms with Gasteiger partial charge in [0.25, 0.3) is 0 Å². The van der Waals surface area contributed by atoms with Crippen LogP contribution in [0.25, 0.3) is 0 Å². The number of aromatic amines is 1. The largest absolute Gasteiger partial charge is 0.325 e. The third-order valence-corrected chi connectivity index (χ3v) is 4.05. The summed E-state index contributed by atoms with van der Waals surface area (Å²) in [5, 5.41) is 10.7. The second-order valence-electron chi connectivity index (χ2n) is 5.42. The van der Waals surface area contributed by atoms with Crippen molar-refractivity contribution >= 4 is 35.0 Å². The van der Waals surface area contributed by atoms with Crippen molar-refractivity contribution in [2.45, 2.75) is 37.6 Å². The molecular formula is C15H19ClN4OS. The molecule has 0 spiro atoms. The van der Waals surface area contributed by atoms with E-state index in [9.17, 15) is 4.79 Å². The Kier molecular flexibility index (Phi) is 5.85. The normalized spacial score (nSPS) is 12.4. The number of hydrogen-bond acceptors (Lipinski definition) is 4. The molecule has 118 valence electrons. The highest BCUT2D eigenvalue weighted by Gasteiger charge is 2.17. The van der Waals surface area contributed by atoms with E-state index in [2.05, 4.69) is 34.3 Å². The highest BCUT2D eigenvalue weighted by Crippen LogP contribution is 2.22. The van der Waals surface area contributed by atoms with Gasteiger partial charge in [-0.2, -0.15) is 0 Å². The first kappa shape index (κ1) is 16.8. The average Bonchev–Trinajstić information content (AvgIpc) is 2.85. The number of thioether (sulfide) groups is 1. The summed E-state index contributed by atoms with van der Waals surface area (Å²) in [7, 11) is 0. The van der Waals surface area contributed by atoms with Crippen LogP contribution in [0.3, 0.4) is 0 Å². The van der Waals surface area contributed by atoms with Gasteiger partial charge in [-0.25, -0.2) is 4.98 Å². The van der Waals surface area contributed by atoms with Crippen LogP contribution in [0, 0.1) is 5.92 Å². The minimum Gasteiger partial charge on any atom is -0.325 e. The van der Waals surface area contributed by atoms with E-state index >= 15 is 0 Å². The second kappa shape index (κ2) is 7.65. The van der Waals surface area contributed by atoms with Crippen LogP contribution < -0.4 is 5.32 Å². The van der Waals surface area contributed by atoms with Crippen LogP contribution in [-0.2, 0) is 11.2 Å². The van der Waals surface area contributed by atoms with E-state index in [4.69, 9.17) is 11.6 Å². The average molecular weight is 339 g/mol. The van der Waals surface area contributed by atoms with Gasteiger partial charge in [-0.3, -0.25) is 9.89 Å². The molecule has 5 nitrogen and oxygen atoms in total. The van der Waals surface area contributed by atoms with Crippen LogP contribution in [-0.4, -0.2) is 26.3 Å². The molecule has 2 aromatic rings. The number of hydrogen-bond donors (Lipinski definition) is 2. The summed E-state index contributed by atoms with van der Waals surface area (Å²) in [4.78, 5) is 16.6. The number of H-pyrrole nitrogens is 1. The molecule has 1 atom stereocenters. The molecule has 0 radical (unpaired) electrons. The van der Waals surface area contributed by atoms with Crippen molar-refractivity contribution in [3.63, 3.8) is 0 Å². The van der Waals surface area contributed by atoms with Gasteiger partial charge in [-0.15, -0.1) is 5.10 Å². The standard InChI is InChI=1S/C15H19ClN4OS/c1-9(2)7-13-18-15(20-19-13)22-10(3)14(21)17-12-6-4-5-11(16)8-12/h4-6,8-10H,7H2,1-3H3,(H,17,21)(H,18,19,20)/t10-/m0/s1. The molecule has 1 amide bonds. The van der Waals surface area contributed by atoms with Crippen molar-refractivity contribution < 1.29 is 4.79 Å². The number of carbonyl (C=O) groups excluding carboxylic acids is 1. The molecule has 7 heteroatoms. The molecule has 1 heterocycles. The van der Waals surface area contributed by atoms with E-state index in [0.717, 1.165) is 12.2 Å². The minimum atomic E-state index is -0.304. The number of rotatable bonds is 6. The molecule has 0 unspecified atom stereocenters. The molecule has 0 aliphatic heterocycles. The topological polar surface area (TPSA) is 70.7 Å². The highest BCUT2D eigenvalue weighted by atomic mass is 35.5. The Morgan fingerprint density at radius 1 is 1.41 bits per heavy atom. The molecule has 2 rings (SSSR count). The SMILES string of the molecule is CC(C)Cc1nc(S[C@@H](C)C(=O)Nc2cccc(Cl)c2)n[nH]1. The Labute approximate surface area is 139 Å². The zero-order valence-electron chi connectivity index (χ0n) is 12.8. The Hall–Kier alpha value is -1.53. The van der Waals surface area contributed by atoms with E-state index in [1.807, 2.05) is 6.92 Å². The minimum absolute atomic E-state index is 0.109. The lowest BCUT2D eigenvalue weighted by Gasteiger charge is -2.10. The summed E-state index contributed by atoms with van der Waals surface area (Å²) in [6.07, 6.45) is 0.844. The van der Waals surface area contributed by atoms with Crippen molar-refractivity contribution in [1.29, 1.82) is 0 Å². The first-order valence-corrected chi connectivity index (χ1v) is 8.34. The number of aromatic nitrogens is 3. The van der Waals surface area contributed by atoms with Crippen LogP contribution in [0.2, 0.25) is 5.02 Å². The summed E-state index contributed by atoms with van der Waals surface area (Å²) in [6, 6.07) is 7.07. The third kappa shape index (κ3) is 5.03. The number of nitrogens with zero attached hydrogens (tertiary/aromatic N) is 2. The fraction of sp³-hybridized carbons (Fsp3) is 0.400. The molecule has 0 fully saturated rings. The highest BCUT2D eigenvalue weighted by molar-refractivity contribution is 8.00. The number of carbonyl (C=O) groups is 1. The maximum atomic E-state index is 12.2. The molecule has 0 aliphatic rings. The van der Waals surface area contributed by atoms with Gasteiger partial charge >= 0.3 is 0 Å². The number of benzene rings is 1. The van der Waals surface area contributed by atoms with Gasteiger partial charge in [-0.1, -0.05) is 43.3 Å². The fourth-order valence-corrected chi connectivity index (χ4v) is 2.76. The van der Waals surface area contributed by atoms with Crippen LogP contribution >= 0.6 is 23.4 Å². The fourth-order valence-electron chi connectivity index (χ4n) is 1.83. The number of nitrogens with one attached hydrogen (secondary N) is 2. The summed E-state index contributed by atoms with van der Waals surface area (Å²) in [6.45, 7) is 6.07. The first-order valence-electron chi connectivity index (χ1n) is 7.08. The molecule has 0 saturated carbocycles. The zero-order chi connectivity index (χ0) is 16.1. The Bertz CT molecular complexity index is 644. The Morgan fingerprint density at radius 3 is 2.86 bits per heavy atom. The van der Waals surface area contributed by atoms with Crippen LogP contribution in [0.15, 0.2) is 29.4 Å². The molecule has 0 saturated heterocycles. The second-order valence-corrected chi connectivity index (χ2v) is 7.17. The van der Waals surface area contributed by atoms with Crippen molar-refractivity contribution in [2.75, 3.05) is 5.32 Å². The Morgan fingerprint density at radius 2 is 2.18 bits per heavy atom. The van der Waals surface area contributed by atoms with E-state index in [0.29, 0.717) is 21.8 Å². The van der Waals surface area contributed by atoms with E-state index in [1.165, 1.54) is 11.8 Å². The first-order chi connectivity index (χ1) is 10.4. The monoisotopic (exact) mass is 338 g/mol. The van der Waals surface area contributed by atoms with Gasteiger partial charge in [0.15, 0.2) is 0 Å². The van der Waals surface area contributed by atoms with Crippen LogP contribution in [0.4, 0.5) is 5.69 Å². The quantitative estimate of drug-likeness (QED) is 0.786. The number of amides is 1. The van der Waals surface area contributed by atoms with Crippen LogP contribution in [0.5, 0.6) is 0 Å². The summed E-state index contributed by atoms with van der Waals surface area (Å²) in [5.74, 6) is 1.25. The number of anilines is 1. The van der Waals surface area contributed by atoms with Gasteiger partial charge in [0.05, 0.1) is 5.25 Å². The molecule has 0 aliphatic carbocycles. The van der Waals surface area contributed by atoms with Gasteiger partial charge in [-0.05, 0) is 31.0 Å². The number of halogens is 1. The van der Waals surface area contributed by atoms with E-state index in [1.54, 1.807) is 24.3 Å². The lowest BCUT2D eigenvalue weighted by atomic mass is 10.1. The summed E-state index contributed by atoms with van der Waals surface area (Å²) >= 11 is 7.23. The van der Waals surface area contributed by atoms with Crippen LogP contribution in [0.1, 0.15) is 26.6 Å². The Balaban J connectivity index is 1.92. The van der Waals surface area contributed by atoms with Gasteiger partial charge < -0.3 is 5.32 Å². The lowest BCUT2D eigenvalue weighted by molar-refractivity contribution is -0.115. The van der Waals surface area contributed by atoms with Crippen molar-refractivity contribution in [3.05, 3.63) is 35.1 Å². The molecule has 22 heavy (non-hydrogen) atoms. The summed E-state index contributed by atoms with van der Waals surface area (Å²) < 4.78 is 0. The summed E-state index contributed by atoms with van der Waals surface area (Å²) in [5.41, 5.74) is 0.681. The predicted molar refractivity (Wildman–Crippen MR) is 90.3 cm³/mol. The van der Waals surface area contributed by atoms with E-state index < -0.39 is 0 Å². The smallest absolute Gasteiger partial charge is 0.237 e. The van der Waals surface area contributed by atoms with Crippen molar-refractivity contribution in [1.82, 2.24) is 15.2 Å². The maximum absolute atomic E-state index is 12.2. The molecule has 0 bridgehead atoms. The van der Waals surface area contributed by atoms with Gasteiger partial charge in [0.1, 0.15) is 5.82 Å². The van der Waals surface area contributed by atoms with Gasteiger partial charge in [0, 0.05) is 17.1 Å². The molecule has 1 aromatic carbocycles. The van der Waals surface area contributed by atoms with E-state index in [-0.39, 0.29) is 11.2 Å². The molecular weight excluding hydrogens is 320 g/mol.